The van der Waals surface area contributed by atoms with Gasteiger partial charge in [-0.05, 0) is 27.8 Å². The Bertz CT molecular complexity index is 213. The molecule has 0 aromatic heterocycles. The Morgan fingerprint density at radius 2 is 1.92 bits per heavy atom. The summed E-state index contributed by atoms with van der Waals surface area (Å²) in [6, 6.07) is 0. The summed E-state index contributed by atoms with van der Waals surface area (Å²) in [7, 11) is 1.88. The van der Waals surface area contributed by atoms with E-state index in [9.17, 15) is 4.79 Å². The number of rotatable bonds is 2. The van der Waals surface area contributed by atoms with Crippen molar-refractivity contribution in [2.75, 3.05) is 20.1 Å². The van der Waals surface area contributed by atoms with Gasteiger partial charge in [-0.3, -0.25) is 4.90 Å². The van der Waals surface area contributed by atoms with Crippen LogP contribution in [0.25, 0.3) is 0 Å². The maximum atomic E-state index is 11.0. The lowest BCUT2D eigenvalue weighted by Gasteiger charge is -2.47. The number of nitrogens with zero attached hydrogens (tertiary/aromatic N) is 1. The van der Waals surface area contributed by atoms with Crippen molar-refractivity contribution in [2.24, 2.45) is 0 Å². The predicted molar refractivity (Wildman–Crippen MR) is 48.7 cm³/mol. The molecule has 76 valence electrons. The third-order valence-electron chi connectivity index (χ3n) is 1.94. The highest BCUT2D eigenvalue weighted by Crippen LogP contribution is 2.29. The number of carboxylic acid groups (broad SMARTS) is 1. The van der Waals surface area contributed by atoms with E-state index in [-0.39, 0.29) is 0 Å². The number of carbonyl (C=O) groups is 1. The summed E-state index contributed by atoms with van der Waals surface area (Å²) >= 11 is 0. The molecule has 1 fully saturated rings. The van der Waals surface area contributed by atoms with Gasteiger partial charge in [0.05, 0.1) is 5.60 Å². The maximum Gasteiger partial charge on any atom is 0.338 e. The van der Waals surface area contributed by atoms with Crippen LogP contribution in [0, 0.1) is 0 Å². The molecule has 0 unspecified atom stereocenters. The Labute approximate surface area is 78.5 Å². The first-order valence-electron chi connectivity index (χ1n) is 4.37. The molecule has 1 N–H and O–H groups in total. The summed E-state index contributed by atoms with van der Waals surface area (Å²) in [5, 5.41) is 9.01. The lowest BCUT2D eigenvalue weighted by molar-refractivity contribution is -0.214. The molecule has 0 radical (unpaired) electrons. The number of ether oxygens (including phenoxy) is 1. The molecule has 0 atom stereocenters. The fraction of sp³-hybridized carbons (Fsp3) is 0.889. The van der Waals surface area contributed by atoms with Gasteiger partial charge in [-0.25, -0.2) is 4.79 Å². The van der Waals surface area contributed by atoms with Crippen molar-refractivity contribution in [3.8, 4) is 0 Å². The largest absolute Gasteiger partial charge is 0.479 e. The van der Waals surface area contributed by atoms with E-state index in [0.29, 0.717) is 13.1 Å². The van der Waals surface area contributed by atoms with Crippen LogP contribution < -0.4 is 0 Å². The number of carboxylic acids is 1. The summed E-state index contributed by atoms with van der Waals surface area (Å²) in [5.41, 5.74) is -1.38. The van der Waals surface area contributed by atoms with Gasteiger partial charge in [-0.2, -0.15) is 0 Å². The third-order valence-corrected chi connectivity index (χ3v) is 1.94. The minimum absolute atomic E-state index is 0.403. The fourth-order valence-electron chi connectivity index (χ4n) is 1.66. The monoisotopic (exact) mass is 187 g/mol. The summed E-state index contributed by atoms with van der Waals surface area (Å²) in [4.78, 5) is 12.9. The Morgan fingerprint density at radius 1 is 1.46 bits per heavy atom. The number of hydrogen-bond acceptors (Lipinski definition) is 3. The Hall–Kier alpha value is -0.610. The van der Waals surface area contributed by atoms with Crippen LogP contribution in [-0.2, 0) is 9.53 Å². The summed E-state index contributed by atoms with van der Waals surface area (Å²) in [6.07, 6.45) is 0. The van der Waals surface area contributed by atoms with Crippen molar-refractivity contribution in [2.45, 2.75) is 32.0 Å². The van der Waals surface area contributed by atoms with E-state index < -0.39 is 17.2 Å². The van der Waals surface area contributed by atoms with E-state index in [1.54, 1.807) is 0 Å². The SMILES string of the molecule is CN1CC(OC(C)(C)C)(C(=O)O)C1. The van der Waals surface area contributed by atoms with E-state index in [2.05, 4.69) is 0 Å². The van der Waals surface area contributed by atoms with Crippen LogP contribution in [0.5, 0.6) is 0 Å². The van der Waals surface area contributed by atoms with Crippen molar-refractivity contribution in [3.63, 3.8) is 0 Å². The van der Waals surface area contributed by atoms with E-state index in [0.717, 1.165) is 0 Å². The van der Waals surface area contributed by atoms with Gasteiger partial charge >= 0.3 is 5.97 Å². The van der Waals surface area contributed by atoms with Crippen molar-refractivity contribution >= 4 is 5.97 Å². The average Bonchev–Trinajstić information content (AvgIpc) is 1.79. The molecule has 1 aliphatic rings. The second-order valence-electron chi connectivity index (χ2n) is 4.69. The quantitative estimate of drug-likeness (QED) is 0.686. The molecule has 1 saturated heterocycles. The zero-order valence-corrected chi connectivity index (χ0v) is 8.63. The predicted octanol–water partition coefficient (Wildman–Crippen LogP) is 0.570. The number of likely N-dealkylation sites (tertiary alicyclic amines) is 1. The first kappa shape index (κ1) is 10.5. The molecule has 0 amide bonds. The fourth-order valence-corrected chi connectivity index (χ4v) is 1.66. The van der Waals surface area contributed by atoms with Crippen molar-refractivity contribution in [1.29, 1.82) is 0 Å². The average molecular weight is 187 g/mol. The van der Waals surface area contributed by atoms with Gasteiger partial charge in [0.1, 0.15) is 0 Å². The molecule has 0 aliphatic carbocycles. The lowest BCUT2D eigenvalue weighted by Crippen LogP contribution is -2.67. The highest BCUT2D eigenvalue weighted by Gasteiger charge is 2.51. The normalized spacial score (nSPS) is 22.5. The molecule has 0 bridgehead atoms. The van der Waals surface area contributed by atoms with Gasteiger partial charge in [-0.1, -0.05) is 0 Å². The second kappa shape index (κ2) is 2.96. The van der Waals surface area contributed by atoms with Crippen LogP contribution in [0.15, 0.2) is 0 Å². The Kier molecular flexibility index (Phi) is 2.38. The van der Waals surface area contributed by atoms with Gasteiger partial charge < -0.3 is 9.84 Å². The zero-order chi connectivity index (χ0) is 10.3. The standard InChI is InChI=1S/C9H17NO3/c1-8(2,3)13-9(7(11)12)5-10(4)6-9/h5-6H2,1-4H3,(H,11,12). The Balaban J connectivity index is 2.66. The molecule has 4 nitrogen and oxygen atoms in total. The Morgan fingerprint density at radius 3 is 2.15 bits per heavy atom. The van der Waals surface area contributed by atoms with Crippen LogP contribution in [-0.4, -0.2) is 47.3 Å². The zero-order valence-electron chi connectivity index (χ0n) is 8.63. The van der Waals surface area contributed by atoms with Gasteiger partial charge in [0, 0.05) is 13.1 Å². The van der Waals surface area contributed by atoms with Gasteiger partial charge in [0.15, 0.2) is 5.60 Å². The highest BCUT2D eigenvalue weighted by molar-refractivity contribution is 5.79. The minimum Gasteiger partial charge on any atom is -0.479 e. The number of likely N-dealkylation sites (N-methyl/N-ethyl adjacent to an activating group) is 1. The summed E-state index contributed by atoms with van der Waals surface area (Å²) in [5.74, 6) is -0.861. The molecular formula is C9H17NO3. The minimum atomic E-state index is -0.979. The number of hydrogen-bond donors (Lipinski definition) is 1. The molecule has 1 aliphatic heterocycles. The highest BCUT2D eigenvalue weighted by atomic mass is 16.6. The van der Waals surface area contributed by atoms with Crippen molar-refractivity contribution in [3.05, 3.63) is 0 Å². The van der Waals surface area contributed by atoms with Crippen LogP contribution in [0.2, 0.25) is 0 Å². The van der Waals surface area contributed by atoms with Crippen molar-refractivity contribution < 1.29 is 14.6 Å². The maximum absolute atomic E-state index is 11.0. The van der Waals surface area contributed by atoms with E-state index in [1.165, 1.54) is 0 Å². The second-order valence-corrected chi connectivity index (χ2v) is 4.69. The first-order valence-corrected chi connectivity index (χ1v) is 4.37. The molecular weight excluding hydrogens is 170 g/mol. The van der Waals surface area contributed by atoms with Crippen molar-refractivity contribution in [1.82, 2.24) is 4.90 Å². The smallest absolute Gasteiger partial charge is 0.338 e. The van der Waals surface area contributed by atoms with E-state index >= 15 is 0 Å². The van der Waals surface area contributed by atoms with Crippen LogP contribution in [0.1, 0.15) is 20.8 Å². The van der Waals surface area contributed by atoms with E-state index in [4.69, 9.17) is 9.84 Å². The van der Waals surface area contributed by atoms with Crippen LogP contribution in [0.4, 0.5) is 0 Å². The molecule has 13 heavy (non-hydrogen) atoms. The first-order chi connectivity index (χ1) is 5.75. The molecule has 1 rings (SSSR count). The molecule has 1 heterocycles. The molecule has 0 spiro atoms. The molecule has 0 saturated carbocycles. The topological polar surface area (TPSA) is 49.8 Å². The van der Waals surface area contributed by atoms with Gasteiger partial charge in [0.2, 0.25) is 0 Å². The third kappa shape index (κ3) is 2.19. The van der Waals surface area contributed by atoms with Crippen LogP contribution >= 0.6 is 0 Å². The molecule has 0 aromatic rings. The lowest BCUT2D eigenvalue weighted by atomic mass is 9.93. The summed E-state index contributed by atoms with van der Waals surface area (Å²) in [6.45, 7) is 6.56. The van der Waals surface area contributed by atoms with Crippen LogP contribution in [0.3, 0.4) is 0 Å². The van der Waals surface area contributed by atoms with Gasteiger partial charge in [-0.15, -0.1) is 0 Å². The van der Waals surface area contributed by atoms with E-state index in [1.807, 2.05) is 32.7 Å². The molecule has 0 aromatic carbocycles. The summed E-state index contributed by atoms with van der Waals surface area (Å²) < 4.78 is 5.55. The van der Waals surface area contributed by atoms with Gasteiger partial charge in [0.25, 0.3) is 0 Å². The molecule has 4 heteroatoms. The number of aliphatic carboxylic acids is 1.